The van der Waals surface area contributed by atoms with Crippen molar-refractivity contribution in [3.63, 3.8) is 0 Å². The standard InChI is InChI=1S/C14H21N7OS/c1-9(2)8-21-14(15-17-18-21)23-11-5-6-20(13(11)22)12-7-10(3)16-19(12)4/h7,9,11H,5-6,8H2,1-4H3/t11-/m1/s1. The molecule has 8 nitrogen and oxygen atoms in total. The summed E-state index contributed by atoms with van der Waals surface area (Å²) in [5.41, 5.74) is 0.910. The van der Waals surface area contributed by atoms with Crippen molar-refractivity contribution in [2.45, 2.75) is 44.1 Å². The van der Waals surface area contributed by atoms with Crippen LogP contribution in [0.1, 0.15) is 26.0 Å². The van der Waals surface area contributed by atoms with E-state index in [2.05, 4.69) is 34.5 Å². The van der Waals surface area contributed by atoms with E-state index in [0.717, 1.165) is 24.5 Å². The zero-order chi connectivity index (χ0) is 16.6. The average Bonchev–Trinajstić information content (AvgIpc) is 3.13. The minimum atomic E-state index is -0.151. The van der Waals surface area contributed by atoms with E-state index in [1.54, 1.807) is 14.3 Å². The molecule has 2 aromatic heterocycles. The van der Waals surface area contributed by atoms with Crippen molar-refractivity contribution < 1.29 is 4.79 Å². The Morgan fingerprint density at radius 2 is 2.22 bits per heavy atom. The number of carbonyl (C=O) groups is 1. The predicted molar refractivity (Wildman–Crippen MR) is 87.2 cm³/mol. The average molecular weight is 335 g/mol. The van der Waals surface area contributed by atoms with Gasteiger partial charge in [-0.05, 0) is 29.7 Å². The molecule has 3 heterocycles. The Labute approximate surface area is 139 Å². The first kappa shape index (κ1) is 16.0. The van der Waals surface area contributed by atoms with Crippen LogP contribution in [0.4, 0.5) is 5.82 Å². The molecule has 2 aromatic rings. The monoisotopic (exact) mass is 335 g/mol. The lowest BCUT2D eigenvalue weighted by atomic mass is 10.2. The van der Waals surface area contributed by atoms with Gasteiger partial charge >= 0.3 is 0 Å². The highest BCUT2D eigenvalue weighted by Crippen LogP contribution is 2.32. The molecule has 0 aromatic carbocycles. The molecule has 1 fully saturated rings. The van der Waals surface area contributed by atoms with Crippen LogP contribution in [0.2, 0.25) is 0 Å². The number of rotatable bonds is 5. The van der Waals surface area contributed by atoms with Crippen molar-refractivity contribution in [1.29, 1.82) is 0 Å². The normalized spacial score (nSPS) is 18.4. The van der Waals surface area contributed by atoms with Crippen LogP contribution in [0.25, 0.3) is 0 Å². The first-order valence-electron chi connectivity index (χ1n) is 7.70. The van der Waals surface area contributed by atoms with Crippen LogP contribution in [0.5, 0.6) is 0 Å². The van der Waals surface area contributed by atoms with Gasteiger partial charge in [-0.25, -0.2) is 4.68 Å². The number of amides is 1. The lowest BCUT2D eigenvalue weighted by molar-refractivity contribution is -0.116. The maximum atomic E-state index is 12.7. The minimum Gasteiger partial charge on any atom is -0.296 e. The molecule has 124 valence electrons. The summed E-state index contributed by atoms with van der Waals surface area (Å²) < 4.78 is 3.53. The quantitative estimate of drug-likeness (QED) is 0.818. The summed E-state index contributed by atoms with van der Waals surface area (Å²) in [6.45, 7) is 7.60. The second kappa shape index (κ2) is 6.31. The van der Waals surface area contributed by atoms with Crippen LogP contribution in [-0.2, 0) is 18.4 Å². The Hall–Kier alpha value is -1.90. The van der Waals surface area contributed by atoms with Crippen LogP contribution >= 0.6 is 11.8 Å². The smallest absolute Gasteiger partial charge is 0.241 e. The van der Waals surface area contributed by atoms with Crippen molar-refractivity contribution in [3.8, 4) is 0 Å². The fourth-order valence-electron chi connectivity index (χ4n) is 2.71. The fraction of sp³-hybridized carbons (Fsp3) is 0.643. The van der Waals surface area contributed by atoms with Gasteiger partial charge in [0, 0.05) is 26.2 Å². The number of tetrazole rings is 1. The second-order valence-corrected chi connectivity index (χ2v) is 7.36. The second-order valence-electron chi connectivity index (χ2n) is 6.19. The van der Waals surface area contributed by atoms with E-state index < -0.39 is 0 Å². The number of hydrogen-bond donors (Lipinski definition) is 0. The van der Waals surface area contributed by atoms with E-state index in [-0.39, 0.29) is 11.2 Å². The van der Waals surface area contributed by atoms with Crippen molar-refractivity contribution in [3.05, 3.63) is 11.8 Å². The van der Waals surface area contributed by atoms with E-state index in [4.69, 9.17) is 0 Å². The Kier molecular flexibility index (Phi) is 4.38. The van der Waals surface area contributed by atoms with Gasteiger partial charge in [0.25, 0.3) is 0 Å². The summed E-state index contributed by atoms with van der Waals surface area (Å²) in [5.74, 6) is 1.39. The first-order valence-corrected chi connectivity index (χ1v) is 8.58. The number of aryl methyl sites for hydroxylation is 2. The molecule has 9 heteroatoms. The molecule has 0 radical (unpaired) electrons. The number of anilines is 1. The van der Waals surface area contributed by atoms with Crippen LogP contribution in [0.3, 0.4) is 0 Å². The van der Waals surface area contributed by atoms with Gasteiger partial charge in [-0.2, -0.15) is 5.10 Å². The third-order valence-electron chi connectivity index (χ3n) is 3.69. The maximum Gasteiger partial charge on any atom is 0.241 e. The number of aromatic nitrogens is 6. The summed E-state index contributed by atoms with van der Waals surface area (Å²) >= 11 is 1.45. The molecule has 0 spiro atoms. The molecule has 0 N–H and O–H groups in total. The third kappa shape index (κ3) is 3.24. The van der Waals surface area contributed by atoms with Gasteiger partial charge in [0.05, 0.1) is 10.9 Å². The van der Waals surface area contributed by atoms with Crippen LogP contribution in [-0.4, -0.2) is 47.7 Å². The van der Waals surface area contributed by atoms with Crippen molar-refractivity contribution in [1.82, 2.24) is 30.0 Å². The van der Waals surface area contributed by atoms with Gasteiger partial charge < -0.3 is 0 Å². The molecule has 23 heavy (non-hydrogen) atoms. The zero-order valence-electron chi connectivity index (χ0n) is 13.8. The van der Waals surface area contributed by atoms with E-state index in [1.807, 2.05) is 20.0 Å². The van der Waals surface area contributed by atoms with Gasteiger partial charge in [0.2, 0.25) is 11.1 Å². The summed E-state index contributed by atoms with van der Waals surface area (Å²) in [6, 6.07) is 1.94. The molecule has 3 rings (SSSR count). The lowest BCUT2D eigenvalue weighted by Gasteiger charge is -2.16. The van der Waals surface area contributed by atoms with Crippen molar-refractivity contribution in [2.24, 2.45) is 13.0 Å². The lowest BCUT2D eigenvalue weighted by Crippen LogP contribution is -2.29. The Bertz CT molecular complexity index is 708. The van der Waals surface area contributed by atoms with Crippen molar-refractivity contribution in [2.75, 3.05) is 11.4 Å². The molecule has 1 aliphatic heterocycles. The topological polar surface area (TPSA) is 81.7 Å². The molecular weight excluding hydrogens is 314 g/mol. The SMILES string of the molecule is Cc1cc(N2CC[C@@H](Sc3nnnn3CC(C)C)C2=O)n(C)n1. The summed E-state index contributed by atoms with van der Waals surface area (Å²) in [7, 11) is 1.86. The molecule has 0 bridgehead atoms. The Balaban J connectivity index is 1.73. The first-order chi connectivity index (χ1) is 11.0. The molecule has 1 atom stereocenters. The molecule has 1 aliphatic rings. The van der Waals surface area contributed by atoms with E-state index in [0.29, 0.717) is 17.6 Å². The molecule has 1 saturated heterocycles. The van der Waals surface area contributed by atoms with Crippen LogP contribution in [0.15, 0.2) is 11.2 Å². The number of hydrogen-bond acceptors (Lipinski definition) is 6. The summed E-state index contributed by atoms with van der Waals surface area (Å²) in [5, 5.41) is 16.7. The van der Waals surface area contributed by atoms with Crippen molar-refractivity contribution >= 4 is 23.5 Å². The van der Waals surface area contributed by atoms with Gasteiger partial charge in [0.15, 0.2) is 0 Å². The van der Waals surface area contributed by atoms with Crippen LogP contribution < -0.4 is 4.90 Å². The molecule has 0 saturated carbocycles. The summed E-state index contributed by atoms with van der Waals surface area (Å²) in [4.78, 5) is 14.5. The van der Waals surface area contributed by atoms with Gasteiger partial charge in [-0.3, -0.25) is 14.4 Å². The zero-order valence-corrected chi connectivity index (χ0v) is 14.6. The highest BCUT2D eigenvalue weighted by atomic mass is 32.2. The third-order valence-corrected chi connectivity index (χ3v) is 4.92. The molecule has 1 amide bonds. The largest absolute Gasteiger partial charge is 0.296 e. The maximum absolute atomic E-state index is 12.7. The van der Waals surface area contributed by atoms with Crippen LogP contribution in [0, 0.1) is 12.8 Å². The van der Waals surface area contributed by atoms with E-state index in [9.17, 15) is 4.79 Å². The van der Waals surface area contributed by atoms with E-state index in [1.165, 1.54) is 11.8 Å². The van der Waals surface area contributed by atoms with Gasteiger partial charge in [0.1, 0.15) is 5.82 Å². The van der Waals surface area contributed by atoms with Gasteiger partial charge in [-0.15, -0.1) is 5.10 Å². The number of carbonyl (C=O) groups excluding carboxylic acids is 1. The van der Waals surface area contributed by atoms with E-state index >= 15 is 0 Å². The minimum absolute atomic E-state index is 0.0945. The Morgan fingerprint density at radius 3 is 2.87 bits per heavy atom. The fourth-order valence-corrected chi connectivity index (χ4v) is 3.73. The molecular formula is C14H21N7OS. The highest BCUT2D eigenvalue weighted by molar-refractivity contribution is 8.00. The molecule has 0 unspecified atom stereocenters. The van der Waals surface area contributed by atoms with Gasteiger partial charge in [-0.1, -0.05) is 25.6 Å². The predicted octanol–water partition coefficient (Wildman–Crippen LogP) is 1.27. The molecule has 0 aliphatic carbocycles. The number of nitrogens with zero attached hydrogens (tertiary/aromatic N) is 7. The Morgan fingerprint density at radius 1 is 1.43 bits per heavy atom. The highest BCUT2D eigenvalue weighted by Gasteiger charge is 2.36. The number of thioether (sulfide) groups is 1. The summed E-state index contributed by atoms with van der Waals surface area (Å²) in [6.07, 6.45) is 0.780.